The van der Waals surface area contributed by atoms with Gasteiger partial charge in [-0.3, -0.25) is 9.78 Å². The third kappa shape index (κ3) is 2.04. The molecule has 0 radical (unpaired) electrons. The summed E-state index contributed by atoms with van der Waals surface area (Å²) >= 11 is 0. The maximum absolute atomic E-state index is 13.7. The molecule has 1 saturated carbocycles. The molecule has 0 amide bonds. The summed E-state index contributed by atoms with van der Waals surface area (Å²) in [5, 5.41) is 0.742. The van der Waals surface area contributed by atoms with E-state index in [1.807, 2.05) is 30.3 Å². The van der Waals surface area contributed by atoms with Gasteiger partial charge in [0.1, 0.15) is 0 Å². The average molecular weight is 310 g/mol. The zero-order valence-electron chi connectivity index (χ0n) is 12.6. The number of nitrogens with zero attached hydrogens (tertiary/aromatic N) is 1. The first-order chi connectivity index (χ1) is 11.2. The van der Waals surface area contributed by atoms with Gasteiger partial charge in [0.2, 0.25) is 0 Å². The molecule has 0 atom stereocenters. The van der Waals surface area contributed by atoms with Crippen molar-refractivity contribution < 1.29 is 13.9 Å². The minimum Gasteiger partial charge on any atom is -0.468 e. The van der Waals surface area contributed by atoms with E-state index in [1.54, 1.807) is 6.20 Å². The van der Waals surface area contributed by atoms with E-state index in [0.29, 0.717) is 5.52 Å². The van der Waals surface area contributed by atoms with Crippen LogP contribution in [0.25, 0.3) is 22.2 Å². The molecule has 2 heterocycles. The topological polar surface area (TPSA) is 55.0 Å². The van der Waals surface area contributed by atoms with Crippen molar-refractivity contribution in [2.45, 2.75) is 18.3 Å². The molecule has 5 heteroatoms. The summed E-state index contributed by atoms with van der Waals surface area (Å²) in [5.41, 5.74) is 2.54. The Labute approximate surface area is 132 Å². The van der Waals surface area contributed by atoms with Crippen molar-refractivity contribution in [3.05, 3.63) is 54.1 Å². The van der Waals surface area contributed by atoms with Crippen molar-refractivity contribution in [2.24, 2.45) is 0 Å². The first-order valence-corrected chi connectivity index (χ1v) is 7.47. The number of nitrogens with one attached hydrogen (secondary N) is 1. The first kappa shape index (κ1) is 13.9. The van der Waals surface area contributed by atoms with Gasteiger partial charge < -0.3 is 9.72 Å². The maximum atomic E-state index is 13.7. The van der Waals surface area contributed by atoms with Gasteiger partial charge in [-0.25, -0.2) is 4.39 Å². The Balaban J connectivity index is 1.75. The number of carbonyl (C=O) groups excluding carboxylic acids is 1. The molecule has 0 bridgehead atoms. The number of pyridine rings is 1. The summed E-state index contributed by atoms with van der Waals surface area (Å²) in [7, 11) is 1.42. The summed E-state index contributed by atoms with van der Waals surface area (Å²) in [6.07, 6.45) is 4.55. The molecule has 0 saturated heterocycles. The lowest BCUT2D eigenvalue weighted by atomic mass is 9.94. The van der Waals surface area contributed by atoms with Crippen LogP contribution in [0.15, 0.2) is 42.7 Å². The first-order valence-electron chi connectivity index (χ1n) is 7.47. The van der Waals surface area contributed by atoms with Gasteiger partial charge in [0.25, 0.3) is 0 Å². The Hall–Kier alpha value is -2.69. The number of benzene rings is 1. The molecule has 23 heavy (non-hydrogen) atoms. The van der Waals surface area contributed by atoms with Gasteiger partial charge in [-0.2, -0.15) is 0 Å². The highest BCUT2D eigenvalue weighted by molar-refractivity contribution is 5.93. The number of aromatic nitrogens is 2. The van der Waals surface area contributed by atoms with Crippen molar-refractivity contribution in [1.29, 1.82) is 0 Å². The highest BCUT2D eigenvalue weighted by atomic mass is 19.1. The van der Waals surface area contributed by atoms with E-state index < -0.39 is 5.41 Å². The summed E-state index contributed by atoms with van der Waals surface area (Å²) in [6.45, 7) is 0. The quantitative estimate of drug-likeness (QED) is 0.752. The molecule has 0 spiro atoms. The second-order valence-corrected chi connectivity index (χ2v) is 5.87. The number of H-pyrrole nitrogens is 1. The van der Waals surface area contributed by atoms with E-state index in [2.05, 4.69) is 9.97 Å². The standard InChI is InChI=1S/C18H15FN2O2/c1-23-17(22)18(7-8-18)12-4-2-11(3-5-12)15-13-6-9-20-16(13)14(19)10-21-15/h2-6,9-10,20H,7-8H2,1H3. The number of fused-ring (bicyclic) bond motifs is 1. The Kier molecular flexibility index (Phi) is 2.98. The molecule has 1 fully saturated rings. The molecule has 4 rings (SSSR count). The molecule has 1 N–H and O–H groups in total. The molecule has 4 nitrogen and oxygen atoms in total. The lowest BCUT2D eigenvalue weighted by molar-refractivity contribution is -0.143. The molecular weight excluding hydrogens is 295 g/mol. The van der Waals surface area contributed by atoms with E-state index in [-0.39, 0.29) is 11.8 Å². The predicted molar refractivity (Wildman–Crippen MR) is 84.4 cm³/mol. The van der Waals surface area contributed by atoms with Crippen LogP contribution in [-0.2, 0) is 14.9 Å². The summed E-state index contributed by atoms with van der Waals surface area (Å²) in [6, 6.07) is 9.52. The van der Waals surface area contributed by atoms with Gasteiger partial charge >= 0.3 is 5.97 Å². The van der Waals surface area contributed by atoms with Crippen LogP contribution >= 0.6 is 0 Å². The monoisotopic (exact) mass is 310 g/mol. The number of rotatable bonds is 3. The zero-order valence-corrected chi connectivity index (χ0v) is 12.6. The van der Waals surface area contributed by atoms with Gasteiger partial charge in [0.05, 0.1) is 29.9 Å². The summed E-state index contributed by atoms with van der Waals surface area (Å²) < 4.78 is 18.6. The molecule has 1 aliphatic carbocycles. The second-order valence-electron chi connectivity index (χ2n) is 5.87. The minimum absolute atomic E-state index is 0.182. The lowest BCUT2D eigenvalue weighted by Gasteiger charge is -2.13. The minimum atomic E-state index is -0.479. The molecule has 0 aliphatic heterocycles. The Morgan fingerprint density at radius 3 is 2.65 bits per heavy atom. The summed E-state index contributed by atoms with van der Waals surface area (Å²) in [4.78, 5) is 19.1. The van der Waals surface area contributed by atoms with Crippen molar-refractivity contribution >= 4 is 16.9 Å². The van der Waals surface area contributed by atoms with Gasteiger partial charge in [-0.05, 0) is 24.5 Å². The fourth-order valence-corrected chi connectivity index (χ4v) is 3.13. The number of esters is 1. The maximum Gasteiger partial charge on any atom is 0.316 e. The Morgan fingerprint density at radius 2 is 2.00 bits per heavy atom. The predicted octanol–water partition coefficient (Wildman–Crippen LogP) is 3.57. The number of hydrogen-bond acceptors (Lipinski definition) is 3. The third-order valence-electron chi connectivity index (χ3n) is 4.59. The van der Waals surface area contributed by atoms with Crippen LogP contribution in [0.3, 0.4) is 0 Å². The van der Waals surface area contributed by atoms with Crippen molar-refractivity contribution in [1.82, 2.24) is 9.97 Å². The fraction of sp³-hybridized carbons (Fsp3) is 0.222. The van der Waals surface area contributed by atoms with Crippen LogP contribution in [0.1, 0.15) is 18.4 Å². The number of methoxy groups -OCH3 is 1. The number of ether oxygens (including phenoxy) is 1. The van der Waals surface area contributed by atoms with Crippen LogP contribution in [0.5, 0.6) is 0 Å². The average Bonchev–Trinajstić information content (AvgIpc) is 3.24. The van der Waals surface area contributed by atoms with Gasteiger partial charge in [0, 0.05) is 17.1 Å². The normalized spacial score (nSPS) is 15.6. The highest BCUT2D eigenvalue weighted by Crippen LogP contribution is 2.49. The molecule has 3 aromatic rings. The lowest BCUT2D eigenvalue weighted by Crippen LogP contribution is -2.21. The Morgan fingerprint density at radius 1 is 1.26 bits per heavy atom. The van der Waals surface area contributed by atoms with Crippen LogP contribution < -0.4 is 0 Å². The third-order valence-corrected chi connectivity index (χ3v) is 4.59. The van der Waals surface area contributed by atoms with Gasteiger partial charge in [-0.1, -0.05) is 24.3 Å². The van der Waals surface area contributed by atoms with Crippen molar-refractivity contribution in [3.8, 4) is 11.3 Å². The SMILES string of the molecule is COC(=O)C1(c2ccc(-c3ncc(F)c4[nH]ccc34)cc2)CC1. The van der Waals surface area contributed by atoms with Gasteiger partial charge in [-0.15, -0.1) is 0 Å². The molecular formula is C18H15FN2O2. The number of halogens is 1. The van der Waals surface area contributed by atoms with E-state index in [1.165, 1.54) is 13.3 Å². The van der Waals surface area contributed by atoms with E-state index in [4.69, 9.17) is 4.74 Å². The molecule has 116 valence electrons. The summed E-state index contributed by atoms with van der Waals surface area (Å²) in [5.74, 6) is -0.550. The number of carbonyl (C=O) groups is 1. The van der Waals surface area contributed by atoms with Crippen LogP contribution in [0, 0.1) is 5.82 Å². The largest absolute Gasteiger partial charge is 0.468 e. The number of aromatic amines is 1. The molecule has 0 unspecified atom stereocenters. The molecule has 2 aromatic heterocycles. The van der Waals surface area contributed by atoms with Crippen LogP contribution in [0.4, 0.5) is 4.39 Å². The molecule has 1 aliphatic rings. The van der Waals surface area contributed by atoms with Gasteiger partial charge in [0.15, 0.2) is 5.82 Å². The fourth-order valence-electron chi connectivity index (χ4n) is 3.13. The van der Waals surface area contributed by atoms with Crippen molar-refractivity contribution in [3.63, 3.8) is 0 Å². The molecule has 1 aromatic carbocycles. The van der Waals surface area contributed by atoms with Crippen LogP contribution in [0.2, 0.25) is 0 Å². The van der Waals surface area contributed by atoms with E-state index in [0.717, 1.165) is 35.0 Å². The highest BCUT2D eigenvalue weighted by Gasteiger charge is 2.52. The zero-order chi connectivity index (χ0) is 16.0. The van der Waals surface area contributed by atoms with E-state index in [9.17, 15) is 9.18 Å². The smallest absolute Gasteiger partial charge is 0.316 e. The van der Waals surface area contributed by atoms with Crippen LogP contribution in [-0.4, -0.2) is 23.0 Å². The second kappa shape index (κ2) is 4.91. The van der Waals surface area contributed by atoms with E-state index >= 15 is 0 Å². The number of hydrogen-bond donors (Lipinski definition) is 1. The van der Waals surface area contributed by atoms with Crippen molar-refractivity contribution in [2.75, 3.05) is 7.11 Å². The Bertz CT molecular complexity index is 895.